The van der Waals surface area contributed by atoms with Gasteiger partial charge in [0.2, 0.25) is 0 Å². The van der Waals surface area contributed by atoms with E-state index in [0.29, 0.717) is 17.2 Å². The lowest BCUT2D eigenvalue weighted by molar-refractivity contribution is 0.436. The van der Waals surface area contributed by atoms with Crippen molar-refractivity contribution in [1.82, 2.24) is 10.2 Å². The number of nitriles is 1. The van der Waals surface area contributed by atoms with E-state index >= 15 is 0 Å². The fraction of sp³-hybridized carbons (Fsp3) is 0.350. The number of rotatable bonds is 4. The van der Waals surface area contributed by atoms with Gasteiger partial charge < -0.3 is 5.11 Å². The smallest absolute Gasteiger partial charge is 0.267 e. The minimum atomic E-state index is 0.168. The molecule has 0 unspecified atom stereocenters. The minimum Gasteiger partial charge on any atom is -0.508 e. The van der Waals surface area contributed by atoms with Crippen molar-refractivity contribution in [1.29, 1.82) is 5.26 Å². The number of fused-ring (bicyclic) bond motifs is 1. The fourth-order valence-corrected chi connectivity index (χ4v) is 4.90. The Morgan fingerprint density at radius 3 is 2.77 bits per heavy atom. The van der Waals surface area contributed by atoms with Crippen LogP contribution in [0.25, 0.3) is 15.8 Å². The van der Waals surface area contributed by atoms with Crippen LogP contribution in [-0.4, -0.2) is 22.0 Å². The van der Waals surface area contributed by atoms with Gasteiger partial charge in [-0.25, -0.2) is 5.26 Å². The number of nitrogens with zero attached hydrogens (tertiary/aromatic N) is 3. The van der Waals surface area contributed by atoms with Crippen LogP contribution >= 0.6 is 11.3 Å². The zero-order chi connectivity index (χ0) is 18.7. The summed E-state index contributed by atoms with van der Waals surface area (Å²) in [5.74, 6) is 3.08. The van der Waals surface area contributed by atoms with Gasteiger partial charge >= 0.3 is 0 Å². The summed E-state index contributed by atoms with van der Waals surface area (Å²) in [6, 6.07) is 2.01. The molecule has 0 amide bonds. The first-order valence-electron chi connectivity index (χ1n) is 8.94. The number of allylic oxidation sites excluding steroid dienone is 4. The van der Waals surface area contributed by atoms with Gasteiger partial charge in [-0.15, -0.1) is 21.5 Å². The maximum absolute atomic E-state index is 10.2. The Labute approximate surface area is 158 Å². The third-order valence-corrected chi connectivity index (χ3v) is 6.49. The summed E-state index contributed by atoms with van der Waals surface area (Å²) in [6.45, 7) is 7.85. The van der Waals surface area contributed by atoms with Crippen LogP contribution in [0.2, 0.25) is 12.6 Å². The van der Waals surface area contributed by atoms with Gasteiger partial charge in [0.05, 0.1) is 5.69 Å². The molecular weight excluding hydrogens is 341 g/mol. The first-order valence-corrected chi connectivity index (χ1v) is 9.75. The van der Waals surface area contributed by atoms with E-state index in [1.54, 1.807) is 36.5 Å². The van der Waals surface area contributed by atoms with E-state index in [-0.39, 0.29) is 12.5 Å². The summed E-state index contributed by atoms with van der Waals surface area (Å²) >= 11 is 1.71. The molecule has 3 heterocycles. The summed E-state index contributed by atoms with van der Waals surface area (Å²) < 4.78 is 0. The Morgan fingerprint density at radius 1 is 1.42 bits per heavy atom. The van der Waals surface area contributed by atoms with Crippen LogP contribution in [0, 0.1) is 18.2 Å². The molecule has 0 bridgehead atoms. The minimum absolute atomic E-state index is 0.168. The molecule has 0 aromatic carbocycles. The van der Waals surface area contributed by atoms with Crippen LogP contribution < -0.4 is 0 Å². The molecule has 2 aromatic heterocycles. The average molecular weight is 363 g/mol. The van der Waals surface area contributed by atoms with Crippen molar-refractivity contribution in [2.24, 2.45) is 0 Å². The van der Waals surface area contributed by atoms with Crippen molar-refractivity contribution in [3.05, 3.63) is 52.8 Å². The SMILES string of the molecule is C=C/C=C(\C(O)=C/C)c1cc2c(C)c(C3CCB(C#N)CC3)sc2nn1. The Balaban J connectivity index is 1.99. The first kappa shape index (κ1) is 18.4. The summed E-state index contributed by atoms with van der Waals surface area (Å²) in [5.41, 5.74) is 2.52. The Hall–Kier alpha value is -2.39. The number of aliphatic hydroxyl groups excluding tert-OH is 1. The van der Waals surface area contributed by atoms with Crippen LogP contribution in [-0.2, 0) is 0 Å². The van der Waals surface area contributed by atoms with Gasteiger partial charge in [0, 0.05) is 21.8 Å². The molecule has 0 spiro atoms. The number of aliphatic hydroxyl groups is 1. The molecular formula is C20H22BN3OS. The second kappa shape index (κ2) is 7.88. The van der Waals surface area contributed by atoms with E-state index in [1.165, 1.54) is 10.4 Å². The molecule has 2 aromatic rings. The average Bonchev–Trinajstić information content (AvgIpc) is 3.01. The normalized spacial score (nSPS) is 16.7. The zero-order valence-corrected chi connectivity index (χ0v) is 16.0. The molecule has 1 N–H and O–H groups in total. The predicted molar refractivity (Wildman–Crippen MR) is 110 cm³/mol. The van der Waals surface area contributed by atoms with Crippen LogP contribution in [0.4, 0.5) is 0 Å². The summed E-state index contributed by atoms with van der Waals surface area (Å²) in [7, 11) is 0. The molecule has 0 aliphatic carbocycles. The van der Waals surface area contributed by atoms with Crippen LogP contribution in [0.15, 0.2) is 36.6 Å². The summed E-state index contributed by atoms with van der Waals surface area (Å²) in [5, 5.41) is 29.1. The van der Waals surface area contributed by atoms with Gasteiger partial charge in [-0.05, 0) is 43.5 Å². The third-order valence-electron chi connectivity index (χ3n) is 5.13. The van der Waals surface area contributed by atoms with Gasteiger partial charge in [-0.3, -0.25) is 0 Å². The predicted octanol–water partition coefficient (Wildman–Crippen LogP) is 5.47. The highest BCUT2D eigenvalue weighted by molar-refractivity contribution is 7.18. The highest BCUT2D eigenvalue weighted by atomic mass is 32.1. The van der Waals surface area contributed by atoms with Gasteiger partial charge in [-0.1, -0.05) is 38.1 Å². The lowest BCUT2D eigenvalue weighted by atomic mass is 9.42. The van der Waals surface area contributed by atoms with E-state index in [1.807, 2.05) is 6.07 Å². The quantitative estimate of drug-likeness (QED) is 0.444. The number of thiophene rings is 1. The molecule has 132 valence electrons. The zero-order valence-electron chi connectivity index (χ0n) is 15.2. The van der Waals surface area contributed by atoms with Gasteiger partial charge in [0.1, 0.15) is 10.6 Å². The lowest BCUT2D eigenvalue weighted by Gasteiger charge is -2.22. The molecule has 1 aliphatic rings. The van der Waals surface area contributed by atoms with Gasteiger partial charge in [0.25, 0.3) is 6.71 Å². The van der Waals surface area contributed by atoms with E-state index in [9.17, 15) is 5.11 Å². The maximum Gasteiger partial charge on any atom is 0.267 e. The van der Waals surface area contributed by atoms with Crippen molar-refractivity contribution >= 4 is 33.8 Å². The van der Waals surface area contributed by atoms with Crippen molar-refractivity contribution in [3.63, 3.8) is 0 Å². The van der Waals surface area contributed by atoms with Crippen LogP contribution in [0.5, 0.6) is 0 Å². The molecule has 1 fully saturated rings. The molecule has 3 rings (SSSR count). The highest BCUT2D eigenvalue weighted by Gasteiger charge is 2.28. The van der Waals surface area contributed by atoms with E-state index in [4.69, 9.17) is 5.26 Å². The molecule has 0 radical (unpaired) electrons. The Morgan fingerprint density at radius 2 is 2.15 bits per heavy atom. The van der Waals surface area contributed by atoms with Crippen molar-refractivity contribution < 1.29 is 5.11 Å². The second-order valence-electron chi connectivity index (χ2n) is 6.71. The third kappa shape index (κ3) is 3.45. The van der Waals surface area contributed by atoms with Gasteiger partial charge in [0.15, 0.2) is 0 Å². The van der Waals surface area contributed by atoms with Crippen LogP contribution in [0.3, 0.4) is 0 Å². The lowest BCUT2D eigenvalue weighted by Crippen LogP contribution is -2.18. The molecule has 0 saturated carbocycles. The second-order valence-corrected chi connectivity index (χ2v) is 7.74. The Bertz CT molecular complexity index is 930. The van der Waals surface area contributed by atoms with Crippen molar-refractivity contribution in [3.8, 4) is 5.97 Å². The highest BCUT2D eigenvalue weighted by Crippen LogP contribution is 2.42. The summed E-state index contributed by atoms with van der Waals surface area (Å²) in [6.07, 6.45) is 9.11. The number of hydrogen-bond acceptors (Lipinski definition) is 5. The molecule has 1 aliphatic heterocycles. The number of aryl methyl sites for hydroxylation is 1. The molecule has 1 saturated heterocycles. The van der Waals surface area contributed by atoms with Crippen molar-refractivity contribution in [2.45, 2.75) is 45.2 Å². The van der Waals surface area contributed by atoms with Crippen molar-refractivity contribution in [2.75, 3.05) is 0 Å². The molecule has 4 nitrogen and oxygen atoms in total. The molecule has 0 atom stereocenters. The first-order chi connectivity index (χ1) is 12.6. The monoisotopic (exact) mass is 363 g/mol. The molecule has 6 heteroatoms. The maximum atomic E-state index is 10.2. The van der Waals surface area contributed by atoms with E-state index in [0.717, 1.165) is 35.7 Å². The fourth-order valence-electron chi connectivity index (χ4n) is 3.62. The standard InChI is InChI=1S/C20H22BN3OS/c1-4-6-15(18(25)5-2)17-11-16-13(3)19(26-20(16)24-23-17)14-7-9-21(12-22)10-8-14/h4-6,11,14,25H,1,7-10H2,2-3H3/b15-6-,18-5+. The molecule has 26 heavy (non-hydrogen) atoms. The topological polar surface area (TPSA) is 69.8 Å². The van der Waals surface area contributed by atoms with Crippen LogP contribution in [0.1, 0.15) is 41.8 Å². The van der Waals surface area contributed by atoms with E-state index in [2.05, 4.69) is 29.7 Å². The number of hydrogen-bond donors (Lipinski definition) is 1. The van der Waals surface area contributed by atoms with Gasteiger partial charge in [-0.2, -0.15) is 0 Å². The Kier molecular flexibility index (Phi) is 5.58. The largest absolute Gasteiger partial charge is 0.508 e. The summed E-state index contributed by atoms with van der Waals surface area (Å²) in [4.78, 5) is 2.30. The van der Waals surface area contributed by atoms with E-state index < -0.39 is 0 Å². The number of aromatic nitrogens is 2.